The van der Waals surface area contributed by atoms with Crippen molar-refractivity contribution in [3.8, 4) is 0 Å². The van der Waals surface area contributed by atoms with Crippen molar-refractivity contribution >= 4 is 77.8 Å². The number of rotatable bonds is 5. The third-order valence-corrected chi connectivity index (χ3v) is 8.96. The van der Waals surface area contributed by atoms with E-state index in [1.807, 2.05) is 0 Å². The predicted octanol–water partition coefficient (Wildman–Crippen LogP) is 4.57. The van der Waals surface area contributed by atoms with Crippen molar-refractivity contribution in [3.63, 3.8) is 0 Å². The number of hydrogen-bond donors (Lipinski definition) is 5. The number of carbonyl (C=O) groups excluding carboxylic acids is 2. The zero-order valence-electron chi connectivity index (χ0n) is 23.7. The summed E-state index contributed by atoms with van der Waals surface area (Å²) in [4.78, 5) is 53.1. The number of anilines is 2. The van der Waals surface area contributed by atoms with Gasteiger partial charge in [-0.2, -0.15) is 0 Å². The van der Waals surface area contributed by atoms with Gasteiger partial charge in [-0.05, 0) is 84.4 Å². The van der Waals surface area contributed by atoms with Crippen LogP contribution in [0.5, 0.6) is 0 Å². The zero-order valence-corrected chi connectivity index (χ0v) is 26.1. The second-order valence-electron chi connectivity index (χ2n) is 10.4. The molecule has 0 aliphatic carbocycles. The van der Waals surface area contributed by atoms with E-state index in [0.717, 1.165) is 24.6 Å². The number of aromatic amines is 2. The Labute approximate surface area is 266 Å². The predicted molar refractivity (Wildman–Crippen MR) is 176 cm³/mol. The SMILES string of the molecule is CS(=O)(=O)c1ccc(C(=O)Nc2cc3cc[nH]c(=O)c3cc2Cl)cc1.O=C(Nc1cc2cc[nH]c(=O)c2cc1Cl)[C@@H]1CCNC1. The molecule has 0 bridgehead atoms. The van der Waals surface area contributed by atoms with Gasteiger partial charge in [0.2, 0.25) is 5.91 Å². The van der Waals surface area contributed by atoms with Crippen LogP contribution in [0, 0.1) is 5.92 Å². The fraction of sp³-hybridized carbons (Fsp3) is 0.161. The van der Waals surface area contributed by atoms with Gasteiger partial charge in [0.1, 0.15) is 0 Å². The molecule has 2 amide bonds. The molecule has 1 aliphatic rings. The lowest BCUT2D eigenvalue weighted by molar-refractivity contribution is -0.119. The van der Waals surface area contributed by atoms with Gasteiger partial charge in [-0.1, -0.05) is 23.2 Å². The van der Waals surface area contributed by atoms with Crippen molar-refractivity contribution in [1.29, 1.82) is 0 Å². The topological polar surface area (TPSA) is 170 Å². The van der Waals surface area contributed by atoms with Crippen molar-refractivity contribution in [2.75, 3.05) is 30.0 Å². The summed E-state index contributed by atoms with van der Waals surface area (Å²) in [7, 11) is -3.32. The summed E-state index contributed by atoms with van der Waals surface area (Å²) in [6.07, 6.45) is 5.01. The highest BCUT2D eigenvalue weighted by Gasteiger charge is 2.23. The van der Waals surface area contributed by atoms with Crippen LogP contribution in [0.25, 0.3) is 21.5 Å². The number of halogens is 2. The summed E-state index contributed by atoms with van der Waals surface area (Å²) < 4.78 is 22.9. The molecule has 1 aliphatic heterocycles. The summed E-state index contributed by atoms with van der Waals surface area (Å²) in [6, 6.07) is 15.5. The molecule has 5 N–H and O–H groups in total. The Morgan fingerprint density at radius 1 is 0.800 bits per heavy atom. The third-order valence-electron chi connectivity index (χ3n) is 7.20. The molecule has 3 heterocycles. The van der Waals surface area contributed by atoms with Crippen LogP contribution in [0.3, 0.4) is 0 Å². The standard InChI is InChI=1S/C17H13ClN2O4S.C14H14ClN3O2/c1-25(23,24)12-4-2-10(3-5-12)16(21)20-15-8-11-6-7-19-17(22)13(11)9-14(15)18;15-11-6-10-8(2-4-17-14(10)20)5-12(11)18-13(19)9-1-3-16-7-9/h2-9H,1H3,(H,19,22)(H,20,21);2,4-6,9,16H,1,3,7H2,(H,17,20)(H,18,19)/t;9-/m.1/s1. The largest absolute Gasteiger partial charge is 0.329 e. The number of hydrogen-bond acceptors (Lipinski definition) is 7. The van der Waals surface area contributed by atoms with Crippen molar-refractivity contribution in [2.45, 2.75) is 11.3 Å². The normalized spacial score (nSPS) is 14.5. The molecular weight excluding hydrogens is 641 g/mol. The minimum Gasteiger partial charge on any atom is -0.329 e. The first kappa shape index (κ1) is 31.9. The van der Waals surface area contributed by atoms with Gasteiger partial charge in [-0.3, -0.25) is 19.2 Å². The molecule has 0 radical (unpaired) electrons. The molecular formula is C31H27Cl2N5O6S. The first-order valence-electron chi connectivity index (χ1n) is 13.7. The van der Waals surface area contributed by atoms with Crippen LogP contribution in [-0.2, 0) is 14.6 Å². The molecule has 14 heteroatoms. The Bertz CT molecular complexity index is 2160. The van der Waals surface area contributed by atoms with E-state index in [2.05, 4.69) is 25.9 Å². The van der Waals surface area contributed by atoms with Gasteiger partial charge in [-0.25, -0.2) is 8.42 Å². The number of sulfone groups is 1. The van der Waals surface area contributed by atoms with Gasteiger partial charge in [0.25, 0.3) is 17.0 Å². The van der Waals surface area contributed by atoms with Crippen molar-refractivity contribution in [1.82, 2.24) is 15.3 Å². The molecule has 0 saturated carbocycles. The van der Waals surface area contributed by atoms with E-state index in [4.69, 9.17) is 23.2 Å². The zero-order chi connectivity index (χ0) is 32.3. The Balaban J connectivity index is 0.000000182. The summed E-state index contributed by atoms with van der Waals surface area (Å²) in [6.45, 7) is 1.55. The maximum Gasteiger partial charge on any atom is 0.255 e. The number of H-pyrrole nitrogens is 2. The van der Waals surface area contributed by atoms with Gasteiger partial charge in [0.15, 0.2) is 9.84 Å². The minimum atomic E-state index is -3.32. The Morgan fingerprint density at radius 2 is 1.33 bits per heavy atom. The first-order chi connectivity index (χ1) is 21.4. The van der Waals surface area contributed by atoms with Crippen LogP contribution in [0.2, 0.25) is 10.0 Å². The van der Waals surface area contributed by atoms with Crippen LogP contribution in [0.4, 0.5) is 11.4 Å². The number of amides is 2. The second kappa shape index (κ2) is 13.2. The molecule has 1 saturated heterocycles. The number of benzene rings is 3. The Hall–Kier alpha value is -4.49. The second-order valence-corrected chi connectivity index (χ2v) is 13.2. The fourth-order valence-corrected chi connectivity index (χ4v) is 5.82. The quantitative estimate of drug-likeness (QED) is 0.183. The molecule has 45 heavy (non-hydrogen) atoms. The van der Waals surface area contributed by atoms with Crippen LogP contribution in [-0.4, -0.2) is 49.5 Å². The molecule has 1 fully saturated rings. The summed E-state index contributed by atoms with van der Waals surface area (Å²) in [5, 5.41) is 11.6. The highest BCUT2D eigenvalue weighted by atomic mass is 35.5. The number of aromatic nitrogens is 2. The van der Waals surface area contributed by atoms with Crippen LogP contribution in [0.15, 0.2) is 87.5 Å². The molecule has 6 rings (SSSR count). The van der Waals surface area contributed by atoms with E-state index >= 15 is 0 Å². The number of pyridine rings is 2. The van der Waals surface area contributed by atoms with E-state index in [1.165, 1.54) is 36.5 Å². The average molecular weight is 669 g/mol. The monoisotopic (exact) mass is 667 g/mol. The summed E-state index contributed by atoms with van der Waals surface area (Å²) in [5.74, 6) is -0.506. The lowest BCUT2D eigenvalue weighted by atomic mass is 10.1. The van der Waals surface area contributed by atoms with Gasteiger partial charge >= 0.3 is 0 Å². The van der Waals surface area contributed by atoms with Gasteiger partial charge in [-0.15, -0.1) is 0 Å². The van der Waals surface area contributed by atoms with E-state index < -0.39 is 15.7 Å². The van der Waals surface area contributed by atoms with Gasteiger partial charge < -0.3 is 25.9 Å². The maximum atomic E-state index is 12.3. The molecule has 3 aromatic carbocycles. The lowest BCUT2D eigenvalue weighted by Crippen LogP contribution is -2.24. The van der Waals surface area contributed by atoms with Crippen LogP contribution in [0.1, 0.15) is 16.8 Å². The minimum absolute atomic E-state index is 0.0269. The average Bonchev–Trinajstić information content (AvgIpc) is 3.55. The highest BCUT2D eigenvalue weighted by Crippen LogP contribution is 2.28. The maximum absolute atomic E-state index is 12.3. The number of fused-ring (bicyclic) bond motifs is 2. The summed E-state index contributed by atoms with van der Waals surface area (Å²) in [5.41, 5.74) is 0.726. The number of nitrogens with one attached hydrogen (secondary N) is 5. The van der Waals surface area contributed by atoms with Gasteiger partial charge in [0, 0.05) is 41.5 Å². The molecule has 11 nitrogen and oxygen atoms in total. The Morgan fingerprint density at radius 3 is 1.82 bits per heavy atom. The van der Waals surface area contributed by atoms with Crippen molar-refractivity contribution in [3.05, 3.63) is 109 Å². The molecule has 232 valence electrons. The smallest absolute Gasteiger partial charge is 0.255 e. The van der Waals surface area contributed by atoms with Crippen molar-refractivity contribution in [2.24, 2.45) is 5.92 Å². The highest BCUT2D eigenvalue weighted by molar-refractivity contribution is 7.90. The third kappa shape index (κ3) is 7.43. The van der Waals surface area contributed by atoms with Gasteiger partial charge in [0.05, 0.1) is 32.2 Å². The Kier molecular flexibility index (Phi) is 9.40. The van der Waals surface area contributed by atoms with E-state index in [1.54, 1.807) is 36.5 Å². The molecule has 2 aromatic heterocycles. The molecule has 1 atom stereocenters. The fourth-order valence-electron chi connectivity index (χ4n) is 4.77. The van der Waals surface area contributed by atoms with Crippen molar-refractivity contribution < 1.29 is 18.0 Å². The van der Waals surface area contributed by atoms with E-state index in [0.29, 0.717) is 39.1 Å². The molecule has 0 unspecified atom stereocenters. The van der Waals surface area contributed by atoms with Crippen LogP contribution < -0.4 is 27.1 Å². The van der Waals surface area contributed by atoms with E-state index in [-0.39, 0.29) is 38.4 Å². The lowest BCUT2D eigenvalue weighted by Gasteiger charge is -2.12. The molecule has 0 spiro atoms. The summed E-state index contributed by atoms with van der Waals surface area (Å²) >= 11 is 12.3. The van der Waals surface area contributed by atoms with Crippen LogP contribution >= 0.6 is 23.2 Å². The molecule has 5 aromatic rings. The van der Waals surface area contributed by atoms with E-state index in [9.17, 15) is 27.6 Å². The number of carbonyl (C=O) groups is 2. The first-order valence-corrected chi connectivity index (χ1v) is 16.3.